The lowest BCUT2D eigenvalue weighted by molar-refractivity contribution is -0.525. The number of aliphatic imine (C=N–C) groups is 1. The second-order valence-electron chi connectivity index (χ2n) is 18.6. The van der Waals surface area contributed by atoms with Crippen LogP contribution in [0.5, 0.6) is 0 Å². The Hall–Kier alpha value is -6.06. The molecule has 3 N–H and O–H groups in total. The Bertz CT molecular complexity index is 2420. The Kier molecular flexibility index (Phi) is 26.7. The highest BCUT2D eigenvalue weighted by atomic mass is 19.1. The van der Waals surface area contributed by atoms with Gasteiger partial charge in [-0.2, -0.15) is 13.2 Å². The maximum atomic E-state index is 13.3. The molecule has 10 atom stereocenters. The molecule has 0 radical (unpaired) electrons. The van der Waals surface area contributed by atoms with Gasteiger partial charge in [-0.25, -0.2) is 19.3 Å². The van der Waals surface area contributed by atoms with Crippen LogP contribution >= 0.6 is 0 Å². The Morgan fingerprint density at radius 2 is 1.16 bits per heavy atom. The van der Waals surface area contributed by atoms with Crippen molar-refractivity contribution in [2.24, 2.45) is 10.7 Å². The van der Waals surface area contributed by atoms with Gasteiger partial charge < -0.3 is 30.0 Å². The SMILES string of the molecule is COCC[C@@H]1C[C@@H](N)[C@H](c2ccnc(F)c2)N1C.COCC[C@@H]1C[C@@H]([N+](=O)[O-])[C@H](c2ccnc(F)c2)N1.COCC[C@@H]1C[C@@H]([N+](=O)[O-])[C@H](c2ccnc(F)c2)N1C.COCC[C@H](CC[N+](=O)[O-])N=Cc1ccc(F)cc1. The molecular formula is C51H71F4N11O10. The number of ether oxygens (including phenoxy) is 4. The fraction of sp³-hybridized carbons (Fsp3) is 0.569. The maximum Gasteiger partial charge on any atom is 0.234 e. The van der Waals surface area contributed by atoms with Gasteiger partial charge in [0.1, 0.15) is 17.9 Å². The summed E-state index contributed by atoms with van der Waals surface area (Å²) in [5.74, 6) is -1.99. The normalized spacial score (nSPS) is 23.7. The van der Waals surface area contributed by atoms with Gasteiger partial charge in [0.25, 0.3) is 0 Å². The molecule has 3 fully saturated rings. The zero-order valence-corrected chi connectivity index (χ0v) is 43.7. The topological polar surface area (TPSA) is 262 Å². The number of aromatic nitrogens is 3. The predicted octanol–water partition coefficient (Wildman–Crippen LogP) is 6.60. The fourth-order valence-corrected chi connectivity index (χ4v) is 9.71. The van der Waals surface area contributed by atoms with Gasteiger partial charge in [-0.15, -0.1) is 0 Å². The van der Waals surface area contributed by atoms with Gasteiger partial charge in [0, 0.05) is 138 Å². The average Bonchev–Trinajstić information content (AvgIpc) is 4.07. The molecule has 6 heterocycles. The van der Waals surface area contributed by atoms with Crippen molar-refractivity contribution in [1.29, 1.82) is 0 Å². The number of nitro groups is 3. The van der Waals surface area contributed by atoms with Crippen molar-refractivity contribution in [2.45, 2.75) is 112 Å². The maximum absolute atomic E-state index is 13.3. The van der Waals surface area contributed by atoms with Crippen molar-refractivity contribution in [3.05, 3.63) is 156 Å². The van der Waals surface area contributed by atoms with Crippen LogP contribution in [-0.2, 0) is 18.9 Å². The van der Waals surface area contributed by atoms with E-state index in [9.17, 15) is 47.9 Å². The summed E-state index contributed by atoms with van der Waals surface area (Å²) in [5.41, 5.74) is 9.02. The van der Waals surface area contributed by atoms with Crippen molar-refractivity contribution in [3.63, 3.8) is 0 Å². The van der Waals surface area contributed by atoms with Crippen LogP contribution in [0.2, 0.25) is 0 Å². The van der Waals surface area contributed by atoms with E-state index in [1.807, 2.05) is 25.1 Å². The number of nitrogens with one attached hydrogen (secondary N) is 1. The first kappa shape index (κ1) is 62.5. The molecule has 3 aromatic heterocycles. The Morgan fingerprint density at radius 1 is 0.671 bits per heavy atom. The molecule has 0 aliphatic carbocycles. The van der Waals surface area contributed by atoms with E-state index in [0.29, 0.717) is 69.1 Å². The number of likely N-dealkylation sites (N-methyl/N-ethyl adjacent to an activating group) is 2. The van der Waals surface area contributed by atoms with Crippen molar-refractivity contribution in [2.75, 3.05) is 75.5 Å². The molecule has 0 unspecified atom stereocenters. The number of nitrogens with two attached hydrogens (primary N) is 1. The van der Waals surface area contributed by atoms with E-state index in [0.717, 1.165) is 37.0 Å². The van der Waals surface area contributed by atoms with Gasteiger partial charge in [-0.05, 0) is 117 Å². The predicted molar refractivity (Wildman–Crippen MR) is 274 cm³/mol. The summed E-state index contributed by atoms with van der Waals surface area (Å²) in [7, 11) is 10.4. The molecule has 7 rings (SSSR count). The molecule has 3 aliphatic heterocycles. The van der Waals surface area contributed by atoms with Crippen LogP contribution in [0.4, 0.5) is 17.6 Å². The second-order valence-corrected chi connectivity index (χ2v) is 18.6. The minimum Gasteiger partial charge on any atom is -0.385 e. The molecule has 25 heteroatoms. The van der Waals surface area contributed by atoms with Crippen LogP contribution in [0.3, 0.4) is 0 Å². The van der Waals surface area contributed by atoms with E-state index >= 15 is 0 Å². The number of nitrogens with zero attached hydrogens (tertiary/aromatic N) is 9. The molecule has 3 aliphatic rings. The molecule has 418 valence electrons. The molecule has 3 saturated heterocycles. The molecule has 0 spiro atoms. The largest absolute Gasteiger partial charge is 0.385 e. The number of rotatable bonds is 22. The smallest absolute Gasteiger partial charge is 0.234 e. The van der Waals surface area contributed by atoms with Crippen LogP contribution in [-0.4, -0.2) is 164 Å². The molecule has 76 heavy (non-hydrogen) atoms. The number of pyridine rings is 3. The third-order valence-corrected chi connectivity index (χ3v) is 13.6. The van der Waals surface area contributed by atoms with E-state index < -0.39 is 42.0 Å². The zero-order chi connectivity index (χ0) is 55.7. The van der Waals surface area contributed by atoms with Crippen molar-refractivity contribution < 1.29 is 51.3 Å². The van der Waals surface area contributed by atoms with Gasteiger partial charge in [-0.3, -0.25) is 45.1 Å². The van der Waals surface area contributed by atoms with Crippen LogP contribution < -0.4 is 11.1 Å². The lowest BCUT2D eigenvalue weighted by Crippen LogP contribution is -2.32. The zero-order valence-electron chi connectivity index (χ0n) is 43.7. The quantitative estimate of drug-likeness (QED) is 0.0276. The summed E-state index contributed by atoms with van der Waals surface area (Å²) in [4.78, 5) is 50.8. The third-order valence-electron chi connectivity index (χ3n) is 13.6. The van der Waals surface area contributed by atoms with Crippen LogP contribution in [0.25, 0.3) is 0 Å². The van der Waals surface area contributed by atoms with E-state index in [2.05, 4.69) is 30.2 Å². The minimum atomic E-state index is -0.747. The van der Waals surface area contributed by atoms with Gasteiger partial charge in [0.05, 0.1) is 12.1 Å². The van der Waals surface area contributed by atoms with Crippen molar-refractivity contribution in [3.8, 4) is 0 Å². The summed E-state index contributed by atoms with van der Waals surface area (Å²) < 4.78 is 72.4. The van der Waals surface area contributed by atoms with Gasteiger partial charge in [0.2, 0.25) is 36.5 Å². The number of hydrogen-bond acceptors (Lipinski definition) is 18. The van der Waals surface area contributed by atoms with Crippen LogP contribution in [0.1, 0.15) is 91.7 Å². The Labute approximate surface area is 440 Å². The molecule has 1 aromatic carbocycles. The number of hydrogen-bond donors (Lipinski definition) is 2. The number of methoxy groups -OCH3 is 4. The summed E-state index contributed by atoms with van der Waals surface area (Å²) in [6.45, 7) is 2.20. The lowest BCUT2D eigenvalue weighted by Gasteiger charge is -2.26. The highest BCUT2D eigenvalue weighted by Crippen LogP contribution is 2.38. The first-order valence-corrected chi connectivity index (χ1v) is 24.8. The summed E-state index contributed by atoms with van der Waals surface area (Å²) in [5, 5.41) is 35.9. The van der Waals surface area contributed by atoms with Crippen molar-refractivity contribution >= 4 is 6.21 Å². The lowest BCUT2D eigenvalue weighted by atomic mass is 10.0. The first-order chi connectivity index (χ1) is 36.4. The van der Waals surface area contributed by atoms with Gasteiger partial charge >= 0.3 is 0 Å². The minimum absolute atomic E-state index is 0.0107. The number of benzene rings is 1. The van der Waals surface area contributed by atoms with Crippen molar-refractivity contribution in [1.82, 2.24) is 30.1 Å². The third kappa shape index (κ3) is 19.8. The number of likely N-dealkylation sites (tertiary alicyclic amines) is 2. The fourth-order valence-electron chi connectivity index (χ4n) is 9.71. The molecule has 0 amide bonds. The van der Waals surface area contributed by atoms with Crippen LogP contribution in [0.15, 0.2) is 84.2 Å². The average molecular weight is 1070 g/mol. The van der Waals surface area contributed by atoms with Gasteiger partial charge in [0.15, 0.2) is 0 Å². The van der Waals surface area contributed by atoms with E-state index in [4.69, 9.17) is 24.7 Å². The Morgan fingerprint density at radius 3 is 1.67 bits per heavy atom. The number of halogens is 4. The Balaban J connectivity index is 0.000000219. The first-order valence-electron chi connectivity index (χ1n) is 24.8. The highest BCUT2D eigenvalue weighted by molar-refractivity contribution is 5.79. The van der Waals surface area contributed by atoms with Gasteiger partial charge in [-0.1, -0.05) is 12.1 Å². The molecular weight excluding hydrogens is 1000 g/mol. The highest BCUT2D eigenvalue weighted by Gasteiger charge is 2.47. The van der Waals surface area contributed by atoms with E-state index in [1.165, 1.54) is 48.9 Å². The van der Waals surface area contributed by atoms with E-state index in [1.54, 1.807) is 58.9 Å². The molecule has 0 bridgehead atoms. The van der Waals surface area contributed by atoms with Crippen LogP contribution in [0, 0.1) is 54.0 Å². The monoisotopic (exact) mass is 1070 g/mol. The standard InChI is InChI=1S/C13H18FN3O3.C13H20FN3O.C13H17FN2O3.C12H16FN3O3/c1-16-10(4-6-20-2)8-11(17(18)19)13(16)9-3-5-15-12(14)7-9;1-17-10(4-6-18-2)8-11(15)13(17)9-3-5-16-12(14)7-9;1-19-9-7-13(6-8-16(17)18)15-10-11-2-4-12(14)5-3-11;1-19-5-3-9-7-10(16(17)18)12(15-9)8-2-4-14-11(13)6-8/h3,5,7,10-11,13H,4,6,8H2,1-2H3;3,5,7,10-11,13H,4,6,8,15H2,1-2H3;2-5,10,13H,6-9H2,1H3;2,4,6,9-10,12,15H,3,5,7H2,1H3/t2*10-,11-,13+;13-;9-,10-,12+/m1101/s1. The molecule has 4 aromatic rings. The molecule has 21 nitrogen and oxygen atoms in total. The second kappa shape index (κ2) is 32.5. The van der Waals surface area contributed by atoms with E-state index in [-0.39, 0.29) is 57.3 Å². The summed E-state index contributed by atoms with van der Waals surface area (Å²) >= 11 is 0. The summed E-state index contributed by atoms with van der Waals surface area (Å²) in [6.07, 6.45) is 10.9. The molecule has 0 saturated carbocycles. The summed E-state index contributed by atoms with van der Waals surface area (Å²) in [6, 6.07) is 13.0.